The van der Waals surface area contributed by atoms with E-state index in [-0.39, 0.29) is 18.3 Å². The molecule has 6 nitrogen and oxygen atoms in total. The third-order valence-corrected chi connectivity index (χ3v) is 4.40. The van der Waals surface area contributed by atoms with Crippen LogP contribution in [0.25, 0.3) is 0 Å². The summed E-state index contributed by atoms with van der Waals surface area (Å²) in [6.07, 6.45) is 0.183. The quantitative estimate of drug-likeness (QED) is 0.778. The number of rotatable bonds is 7. The Morgan fingerprint density at radius 1 is 1.29 bits per heavy atom. The maximum Gasteiger partial charge on any atom is 0.311 e. The van der Waals surface area contributed by atoms with Crippen LogP contribution in [0.4, 0.5) is 5.13 Å². The van der Waals surface area contributed by atoms with E-state index < -0.39 is 0 Å². The van der Waals surface area contributed by atoms with Crippen LogP contribution in [0.15, 0.2) is 29.6 Å². The number of nitrogens with one attached hydrogen (secondary N) is 1. The zero-order chi connectivity index (χ0) is 17.5. The zero-order valence-corrected chi connectivity index (χ0v) is 14.9. The summed E-state index contributed by atoms with van der Waals surface area (Å²) in [5, 5.41) is 5.47. The Labute approximate surface area is 145 Å². The SMILES string of the molecule is CCNC(=O)c1ccc(CN(C)c2nc(CC(=O)OC)cs2)cc1. The molecule has 1 aromatic carbocycles. The van der Waals surface area contributed by atoms with Gasteiger partial charge in [0, 0.05) is 31.1 Å². The summed E-state index contributed by atoms with van der Waals surface area (Å²) < 4.78 is 4.65. The topological polar surface area (TPSA) is 71.5 Å². The van der Waals surface area contributed by atoms with Crippen LogP contribution in [0.1, 0.15) is 28.5 Å². The van der Waals surface area contributed by atoms with Crippen molar-refractivity contribution in [3.8, 4) is 0 Å². The van der Waals surface area contributed by atoms with E-state index in [1.807, 2.05) is 48.5 Å². The second kappa shape index (κ2) is 8.44. The molecule has 0 unspecified atom stereocenters. The average Bonchev–Trinajstić information content (AvgIpc) is 3.04. The standard InChI is InChI=1S/C17H21N3O3S/c1-4-18-16(22)13-7-5-12(6-8-13)10-20(2)17-19-14(11-24-17)9-15(21)23-3/h5-8,11H,4,9-10H2,1-3H3,(H,18,22). The van der Waals surface area contributed by atoms with Gasteiger partial charge in [0.1, 0.15) is 0 Å². The number of thiazole rings is 1. The molecule has 1 heterocycles. The lowest BCUT2D eigenvalue weighted by Gasteiger charge is -2.16. The minimum Gasteiger partial charge on any atom is -0.469 e. The van der Waals surface area contributed by atoms with Gasteiger partial charge >= 0.3 is 5.97 Å². The van der Waals surface area contributed by atoms with Crippen LogP contribution < -0.4 is 10.2 Å². The second-order valence-electron chi connectivity index (χ2n) is 5.29. The molecule has 1 N–H and O–H groups in total. The third-order valence-electron chi connectivity index (χ3n) is 3.39. The Kier molecular flexibility index (Phi) is 6.31. The highest BCUT2D eigenvalue weighted by atomic mass is 32.1. The molecule has 0 atom stereocenters. The van der Waals surface area contributed by atoms with E-state index in [9.17, 15) is 9.59 Å². The summed E-state index contributed by atoms with van der Waals surface area (Å²) in [5.41, 5.74) is 2.44. The van der Waals surface area contributed by atoms with E-state index in [1.54, 1.807) is 0 Å². The molecule has 2 aromatic rings. The fourth-order valence-corrected chi connectivity index (χ4v) is 2.93. The van der Waals surface area contributed by atoms with Crippen LogP contribution >= 0.6 is 11.3 Å². The molecule has 0 saturated carbocycles. The van der Waals surface area contributed by atoms with E-state index in [2.05, 4.69) is 15.0 Å². The van der Waals surface area contributed by atoms with Gasteiger partial charge in [-0.2, -0.15) is 0 Å². The Morgan fingerprint density at radius 3 is 2.62 bits per heavy atom. The van der Waals surface area contributed by atoms with Crippen LogP contribution in [0.2, 0.25) is 0 Å². The van der Waals surface area contributed by atoms with Gasteiger partial charge in [-0.1, -0.05) is 12.1 Å². The normalized spacial score (nSPS) is 10.3. The van der Waals surface area contributed by atoms with Crippen LogP contribution in [-0.2, 0) is 22.5 Å². The molecule has 0 spiro atoms. The highest BCUT2D eigenvalue weighted by Gasteiger charge is 2.11. The molecule has 0 bridgehead atoms. The van der Waals surface area contributed by atoms with Crippen molar-refractivity contribution >= 4 is 28.3 Å². The Morgan fingerprint density at radius 2 is 2.00 bits per heavy atom. The van der Waals surface area contributed by atoms with Gasteiger partial charge in [0.05, 0.1) is 19.2 Å². The van der Waals surface area contributed by atoms with Crippen molar-refractivity contribution in [1.29, 1.82) is 0 Å². The van der Waals surface area contributed by atoms with Crippen LogP contribution in [-0.4, -0.2) is 37.6 Å². The highest BCUT2D eigenvalue weighted by molar-refractivity contribution is 7.13. The number of methoxy groups -OCH3 is 1. The molecule has 24 heavy (non-hydrogen) atoms. The first-order chi connectivity index (χ1) is 11.5. The van der Waals surface area contributed by atoms with Crippen LogP contribution in [0.5, 0.6) is 0 Å². The summed E-state index contributed by atoms with van der Waals surface area (Å²) in [6, 6.07) is 7.51. The number of anilines is 1. The molecule has 0 saturated heterocycles. The van der Waals surface area contributed by atoms with Gasteiger partial charge in [-0.05, 0) is 24.6 Å². The summed E-state index contributed by atoms with van der Waals surface area (Å²) in [6.45, 7) is 3.17. The molecule has 128 valence electrons. The van der Waals surface area contributed by atoms with Crippen molar-refractivity contribution in [2.45, 2.75) is 19.9 Å². The van der Waals surface area contributed by atoms with Gasteiger partial charge < -0.3 is 15.0 Å². The number of esters is 1. The zero-order valence-electron chi connectivity index (χ0n) is 14.0. The average molecular weight is 347 g/mol. The summed E-state index contributed by atoms with van der Waals surface area (Å²) in [7, 11) is 3.31. The van der Waals surface area contributed by atoms with E-state index in [0.29, 0.717) is 24.3 Å². The maximum absolute atomic E-state index is 11.7. The lowest BCUT2D eigenvalue weighted by atomic mass is 10.1. The number of aromatic nitrogens is 1. The monoisotopic (exact) mass is 347 g/mol. The first-order valence-electron chi connectivity index (χ1n) is 7.63. The first kappa shape index (κ1) is 17.9. The number of carbonyl (C=O) groups is 2. The van der Waals surface area contributed by atoms with E-state index in [0.717, 1.165) is 10.7 Å². The van der Waals surface area contributed by atoms with Crippen molar-refractivity contribution in [3.63, 3.8) is 0 Å². The van der Waals surface area contributed by atoms with Gasteiger partial charge in [-0.3, -0.25) is 9.59 Å². The number of ether oxygens (including phenoxy) is 1. The van der Waals surface area contributed by atoms with Crippen molar-refractivity contribution < 1.29 is 14.3 Å². The predicted octanol–water partition coefficient (Wildman–Crippen LogP) is 2.24. The highest BCUT2D eigenvalue weighted by Crippen LogP contribution is 2.21. The number of hydrogen-bond acceptors (Lipinski definition) is 6. The molecule has 1 amide bonds. The second-order valence-corrected chi connectivity index (χ2v) is 6.12. The van der Waals surface area contributed by atoms with Gasteiger partial charge in [0.2, 0.25) is 0 Å². The van der Waals surface area contributed by atoms with E-state index in [4.69, 9.17) is 0 Å². The minimum absolute atomic E-state index is 0.0650. The molecular formula is C17H21N3O3S. The number of benzene rings is 1. The Balaban J connectivity index is 1.98. The molecule has 0 fully saturated rings. The number of carbonyl (C=O) groups excluding carboxylic acids is 2. The van der Waals surface area contributed by atoms with Gasteiger partial charge in [-0.25, -0.2) is 4.98 Å². The van der Waals surface area contributed by atoms with E-state index >= 15 is 0 Å². The summed E-state index contributed by atoms with van der Waals surface area (Å²) >= 11 is 1.49. The predicted molar refractivity (Wildman–Crippen MR) is 94.4 cm³/mol. The van der Waals surface area contributed by atoms with E-state index in [1.165, 1.54) is 18.4 Å². The summed E-state index contributed by atoms with van der Waals surface area (Å²) in [5.74, 6) is -0.361. The van der Waals surface area contributed by atoms with Crippen LogP contribution in [0.3, 0.4) is 0 Å². The summed E-state index contributed by atoms with van der Waals surface area (Å²) in [4.78, 5) is 29.5. The number of amides is 1. The van der Waals surface area contributed by atoms with Crippen molar-refractivity contribution in [2.24, 2.45) is 0 Å². The largest absolute Gasteiger partial charge is 0.469 e. The Hall–Kier alpha value is -2.41. The molecule has 0 aliphatic rings. The lowest BCUT2D eigenvalue weighted by Crippen LogP contribution is -2.22. The lowest BCUT2D eigenvalue weighted by molar-refractivity contribution is -0.139. The van der Waals surface area contributed by atoms with Gasteiger partial charge in [-0.15, -0.1) is 11.3 Å². The molecule has 1 aromatic heterocycles. The molecule has 0 aliphatic heterocycles. The maximum atomic E-state index is 11.7. The fourth-order valence-electron chi connectivity index (χ4n) is 2.14. The third kappa shape index (κ3) is 4.79. The molecule has 2 rings (SSSR count). The molecule has 0 radical (unpaired) electrons. The molecule has 7 heteroatoms. The van der Waals surface area contributed by atoms with Gasteiger partial charge in [0.25, 0.3) is 5.91 Å². The fraction of sp³-hybridized carbons (Fsp3) is 0.353. The molecule has 0 aliphatic carbocycles. The van der Waals surface area contributed by atoms with Crippen molar-refractivity contribution in [3.05, 3.63) is 46.5 Å². The van der Waals surface area contributed by atoms with Crippen molar-refractivity contribution in [2.75, 3.05) is 25.6 Å². The van der Waals surface area contributed by atoms with Gasteiger partial charge in [0.15, 0.2) is 5.13 Å². The Bertz CT molecular complexity index is 697. The van der Waals surface area contributed by atoms with Crippen molar-refractivity contribution in [1.82, 2.24) is 10.3 Å². The molecular weight excluding hydrogens is 326 g/mol. The minimum atomic E-state index is -0.296. The number of nitrogens with zero attached hydrogens (tertiary/aromatic N) is 2. The van der Waals surface area contributed by atoms with Crippen LogP contribution in [0, 0.1) is 0 Å². The smallest absolute Gasteiger partial charge is 0.311 e. The number of hydrogen-bond donors (Lipinski definition) is 1. The first-order valence-corrected chi connectivity index (χ1v) is 8.51.